The topological polar surface area (TPSA) is 50.1 Å². The van der Waals surface area contributed by atoms with Crippen LogP contribution in [0.25, 0.3) is 10.7 Å². The van der Waals surface area contributed by atoms with Crippen molar-refractivity contribution < 1.29 is 13.2 Å². The van der Waals surface area contributed by atoms with Crippen LogP contribution < -0.4 is 4.90 Å². The van der Waals surface area contributed by atoms with E-state index < -0.39 is 11.7 Å². The molecule has 6 nitrogen and oxygen atoms in total. The molecule has 0 spiro atoms. The van der Waals surface area contributed by atoms with Gasteiger partial charge in [0.25, 0.3) is 0 Å². The minimum atomic E-state index is -4.29. The number of hydrogen-bond acceptors (Lipinski definition) is 7. The lowest BCUT2D eigenvalue weighted by atomic mass is 10.0. The van der Waals surface area contributed by atoms with Gasteiger partial charge in [0.15, 0.2) is 11.0 Å². The van der Waals surface area contributed by atoms with Gasteiger partial charge in [0.1, 0.15) is 0 Å². The maximum Gasteiger partial charge on any atom is 0.416 e. The van der Waals surface area contributed by atoms with Gasteiger partial charge in [0, 0.05) is 44.2 Å². The number of benzene rings is 1. The highest BCUT2D eigenvalue weighted by atomic mass is 32.2. The van der Waals surface area contributed by atoms with Crippen molar-refractivity contribution in [1.82, 2.24) is 24.6 Å². The maximum atomic E-state index is 12.9. The molecule has 4 heterocycles. The van der Waals surface area contributed by atoms with Gasteiger partial charge in [-0.05, 0) is 56.5 Å². The molecule has 1 aromatic carbocycles. The molecule has 3 aromatic rings. The molecule has 182 valence electrons. The number of aromatic nitrogens is 4. The molecule has 0 bridgehead atoms. The molecule has 2 aromatic heterocycles. The van der Waals surface area contributed by atoms with E-state index in [9.17, 15) is 13.2 Å². The SMILES string of the molecule is Cc1ncsc1-c1nnc(SCCCN2CC3CCN(c4ccc(C(F)(F)F)cc4)C3C2)n1C. The summed E-state index contributed by atoms with van der Waals surface area (Å²) >= 11 is 3.30. The molecule has 2 unspecified atom stereocenters. The summed E-state index contributed by atoms with van der Waals surface area (Å²) in [6, 6.07) is 6.01. The van der Waals surface area contributed by atoms with E-state index in [-0.39, 0.29) is 0 Å². The number of thiazole rings is 1. The van der Waals surface area contributed by atoms with Crippen LogP contribution in [-0.4, -0.2) is 62.6 Å². The van der Waals surface area contributed by atoms with Crippen LogP contribution in [0.4, 0.5) is 18.9 Å². The number of fused-ring (bicyclic) bond motifs is 1. The van der Waals surface area contributed by atoms with Gasteiger partial charge in [0.2, 0.25) is 0 Å². The van der Waals surface area contributed by atoms with Gasteiger partial charge in [0.05, 0.1) is 21.6 Å². The summed E-state index contributed by atoms with van der Waals surface area (Å²) in [5.41, 5.74) is 3.11. The first-order chi connectivity index (χ1) is 16.3. The van der Waals surface area contributed by atoms with Crippen molar-refractivity contribution in [2.75, 3.05) is 36.8 Å². The zero-order valence-electron chi connectivity index (χ0n) is 19.1. The van der Waals surface area contributed by atoms with E-state index in [1.54, 1.807) is 35.2 Å². The Bertz CT molecular complexity index is 1130. The summed E-state index contributed by atoms with van der Waals surface area (Å²) in [6.45, 7) is 5.94. The number of nitrogens with zero attached hydrogens (tertiary/aromatic N) is 6. The molecule has 2 saturated heterocycles. The van der Waals surface area contributed by atoms with E-state index in [1.165, 1.54) is 12.1 Å². The Morgan fingerprint density at radius 3 is 2.65 bits per heavy atom. The van der Waals surface area contributed by atoms with E-state index in [0.29, 0.717) is 12.0 Å². The molecule has 0 aliphatic carbocycles. The number of halogens is 3. The third-order valence-electron chi connectivity index (χ3n) is 6.78. The second-order valence-electron chi connectivity index (χ2n) is 8.95. The molecule has 0 radical (unpaired) electrons. The fourth-order valence-corrected chi connectivity index (χ4v) is 6.66. The van der Waals surface area contributed by atoms with Crippen LogP contribution in [0.5, 0.6) is 0 Å². The lowest BCUT2D eigenvalue weighted by Crippen LogP contribution is -2.35. The fourth-order valence-electron chi connectivity index (χ4n) is 5.00. The zero-order chi connectivity index (χ0) is 23.9. The molecule has 0 saturated carbocycles. The highest BCUT2D eigenvalue weighted by Crippen LogP contribution is 2.37. The average Bonchev–Trinajstić information content (AvgIpc) is 3.56. The Morgan fingerprint density at radius 1 is 1.15 bits per heavy atom. The molecule has 2 aliphatic rings. The van der Waals surface area contributed by atoms with Crippen molar-refractivity contribution in [3.8, 4) is 10.7 Å². The maximum absolute atomic E-state index is 12.9. The summed E-state index contributed by atoms with van der Waals surface area (Å²) < 4.78 is 40.7. The molecular weight excluding hydrogens is 481 g/mol. The molecule has 5 rings (SSSR count). The van der Waals surface area contributed by atoms with Crippen LogP contribution in [0, 0.1) is 12.8 Å². The van der Waals surface area contributed by atoms with Crippen LogP contribution in [0.2, 0.25) is 0 Å². The molecular formula is C23H27F3N6S2. The minimum Gasteiger partial charge on any atom is -0.367 e. The average molecular weight is 509 g/mol. The number of likely N-dealkylation sites (tertiary alicyclic amines) is 1. The predicted octanol–water partition coefficient (Wildman–Crippen LogP) is 4.96. The van der Waals surface area contributed by atoms with Crippen molar-refractivity contribution in [3.05, 3.63) is 41.0 Å². The fraction of sp³-hybridized carbons (Fsp3) is 0.522. The standard InChI is InChI=1S/C23H27F3N6S2/c1-15-20(34-14-27-15)21-28-29-22(30(21)2)33-11-3-9-31-12-16-8-10-32(19(16)13-31)18-6-4-17(5-7-18)23(24,25)26/h4-7,14,16,19H,3,8-13H2,1-2H3. The van der Waals surface area contributed by atoms with Gasteiger partial charge in [-0.3, -0.25) is 0 Å². The Hall–Kier alpha value is -2.11. The molecule has 11 heteroatoms. The van der Waals surface area contributed by atoms with Crippen LogP contribution >= 0.6 is 23.1 Å². The summed E-state index contributed by atoms with van der Waals surface area (Å²) in [6.07, 6.45) is -2.15. The number of anilines is 1. The van der Waals surface area contributed by atoms with Crippen LogP contribution in [-0.2, 0) is 13.2 Å². The molecule has 0 amide bonds. The van der Waals surface area contributed by atoms with E-state index >= 15 is 0 Å². The number of aryl methyl sites for hydroxylation is 1. The first-order valence-corrected chi connectivity index (χ1v) is 13.3. The van der Waals surface area contributed by atoms with Gasteiger partial charge in [-0.25, -0.2) is 4.98 Å². The van der Waals surface area contributed by atoms with Crippen molar-refractivity contribution in [1.29, 1.82) is 0 Å². The van der Waals surface area contributed by atoms with E-state index in [0.717, 1.165) is 72.0 Å². The lowest BCUT2D eigenvalue weighted by molar-refractivity contribution is -0.137. The second kappa shape index (κ2) is 9.50. The number of hydrogen-bond donors (Lipinski definition) is 0. The third kappa shape index (κ3) is 4.70. The lowest BCUT2D eigenvalue weighted by Gasteiger charge is -2.27. The Kier molecular flexibility index (Phi) is 6.60. The van der Waals surface area contributed by atoms with Crippen LogP contribution in [0.15, 0.2) is 34.9 Å². The monoisotopic (exact) mass is 508 g/mol. The van der Waals surface area contributed by atoms with Crippen molar-refractivity contribution in [2.24, 2.45) is 13.0 Å². The van der Waals surface area contributed by atoms with E-state index in [1.807, 2.05) is 24.0 Å². The Balaban J connectivity index is 1.11. The van der Waals surface area contributed by atoms with Crippen LogP contribution in [0.3, 0.4) is 0 Å². The van der Waals surface area contributed by atoms with Gasteiger partial charge in [-0.1, -0.05) is 11.8 Å². The Labute approximate surface area is 205 Å². The van der Waals surface area contributed by atoms with Gasteiger partial charge in [-0.2, -0.15) is 13.2 Å². The third-order valence-corrected chi connectivity index (χ3v) is 8.81. The zero-order valence-corrected chi connectivity index (χ0v) is 20.8. The van der Waals surface area contributed by atoms with Crippen LogP contribution in [0.1, 0.15) is 24.1 Å². The Morgan fingerprint density at radius 2 is 1.94 bits per heavy atom. The summed E-state index contributed by atoms with van der Waals surface area (Å²) in [4.78, 5) is 10.1. The number of rotatable bonds is 7. The molecule has 2 fully saturated rings. The van der Waals surface area contributed by atoms with Gasteiger partial charge in [-0.15, -0.1) is 21.5 Å². The molecule has 0 N–H and O–H groups in total. The first-order valence-electron chi connectivity index (χ1n) is 11.4. The normalized spacial score (nSPS) is 20.9. The molecule has 34 heavy (non-hydrogen) atoms. The highest BCUT2D eigenvalue weighted by molar-refractivity contribution is 7.99. The molecule has 2 atom stereocenters. The summed E-state index contributed by atoms with van der Waals surface area (Å²) in [5, 5.41) is 9.62. The summed E-state index contributed by atoms with van der Waals surface area (Å²) in [5.74, 6) is 2.40. The number of thioether (sulfide) groups is 1. The first kappa shape index (κ1) is 23.6. The largest absolute Gasteiger partial charge is 0.416 e. The van der Waals surface area contributed by atoms with E-state index in [4.69, 9.17) is 0 Å². The second-order valence-corrected chi connectivity index (χ2v) is 10.9. The predicted molar refractivity (Wildman–Crippen MR) is 129 cm³/mol. The highest BCUT2D eigenvalue weighted by Gasteiger charge is 2.41. The quantitative estimate of drug-likeness (QED) is 0.332. The smallest absolute Gasteiger partial charge is 0.367 e. The van der Waals surface area contributed by atoms with Crippen molar-refractivity contribution >= 4 is 28.8 Å². The van der Waals surface area contributed by atoms with E-state index in [2.05, 4.69) is 25.0 Å². The summed E-state index contributed by atoms with van der Waals surface area (Å²) in [7, 11) is 1.99. The minimum absolute atomic E-state index is 0.383. The number of alkyl halides is 3. The van der Waals surface area contributed by atoms with Gasteiger partial charge >= 0.3 is 6.18 Å². The molecule has 2 aliphatic heterocycles. The van der Waals surface area contributed by atoms with Crippen molar-refractivity contribution in [3.63, 3.8) is 0 Å². The van der Waals surface area contributed by atoms with Gasteiger partial charge < -0.3 is 14.4 Å². The van der Waals surface area contributed by atoms with Crippen molar-refractivity contribution in [2.45, 2.75) is 37.1 Å².